The zero-order chi connectivity index (χ0) is 21.2. The van der Waals surface area contributed by atoms with Crippen molar-refractivity contribution >= 4 is 23.2 Å². The predicted molar refractivity (Wildman–Crippen MR) is 119 cm³/mol. The first-order valence-corrected chi connectivity index (χ1v) is 11.7. The van der Waals surface area contributed by atoms with Crippen molar-refractivity contribution in [1.82, 2.24) is 25.3 Å². The van der Waals surface area contributed by atoms with Gasteiger partial charge in [-0.1, -0.05) is 26.8 Å². The summed E-state index contributed by atoms with van der Waals surface area (Å²) >= 11 is 1.70. The molecule has 0 bridgehead atoms. The van der Waals surface area contributed by atoms with E-state index in [0.717, 1.165) is 52.4 Å². The van der Waals surface area contributed by atoms with E-state index in [2.05, 4.69) is 57.6 Å². The van der Waals surface area contributed by atoms with E-state index < -0.39 is 11.8 Å². The van der Waals surface area contributed by atoms with Gasteiger partial charge in [-0.05, 0) is 38.0 Å². The standard InChI is InChI=1S/C21H37N5O2S/c1-5-24(6-2)11-10-22-20(27)21(28)23-17(4)19(18-9-8-16-29-18)26-14-12-25(7-3)13-15-26/h8-9,16-17,19H,5-7,10-15H2,1-4H3,(H,22,27)(H,23,28)/t17-,19+/m1/s1. The van der Waals surface area contributed by atoms with Gasteiger partial charge in [0.15, 0.2) is 0 Å². The summed E-state index contributed by atoms with van der Waals surface area (Å²) in [5.74, 6) is -1.10. The molecule has 29 heavy (non-hydrogen) atoms. The Balaban J connectivity index is 1.92. The van der Waals surface area contributed by atoms with Crippen molar-refractivity contribution in [2.45, 2.75) is 39.8 Å². The molecule has 0 unspecified atom stereocenters. The van der Waals surface area contributed by atoms with Crippen LogP contribution >= 0.6 is 11.3 Å². The highest BCUT2D eigenvalue weighted by molar-refractivity contribution is 7.10. The molecule has 2 rings (SSSR count). The molecule has 1 saturated heterocycles. The maximum Gasteiger partial charge on any atom is 0.309 e. The summed E-state index contributed by atoms with van der Waals surface area (Å²) in [6, 6.07) is 4.10. The minimum atomic E-state index is -0.551. The molecule has 0 aliphatic carbocycles. The van der Waals surface area contributed by atoms with E-state index in [4.69, 9.17) is 0 Å². The van der Waals surface area contributed by atoms with Crippen LogP contribution in [0, 0.1) is 0 Å². The molecule has 1 aliphatic rings. The van der Waals surface area contributed by atoms with Crippen LogP contribution in [0.2, 0.25) is 0 Å². The van der Waals surface area contributed by atoms with Gasteiger partial charge in [0.05, 0.1) is 6.04 Å². The van der Waals surface area contributed by atoms with Crippen molar-refractivity contribution < 1.29 is 9.59 Å². The molecular weight excluding hydrogens is 386 g/mol. The highest BCUT2D eigenvalue weighted by atomic mass is 32.1. The maximum absolute atomic E-state index is 12.5. The number of nitrogens with zero attached hydrogens (tertiary/aromatic N) is 3. The van der Waals surface area contributed by atoms with Gasteiger partial charge in [-0.15, -0.1) is 11.3 Å². The Hall–Kier alpha value is -1.48. The predicted octanol–water partition coefficient (Wildman–Crippen LogP) is 1.39. The number of thiophene rings is 1. The van der Waals surface area contributed by atoms with Crippen LogP contribution in [0.5, 0.6) is 0 Å². The van der Waals surface area contributed by atoms with Crippen LogP contribution in [-0.4, -0.2) is 91.5 Å². The Morgan fingerprint density at radius 2 is 1.83 bits per heavy atom. The van der Waals surface area contributed by atoms with Crippen LogP contribution in [0.4, 0.5) is 0 Å². The second kappa shape index (κ2) is 12.3. The summed E-state index contributed by atoms with van der Waals surface area (Å²) in [6.07, 6.45) is 0. The number of piperazine rings is 1. The van der Waals surface area contributed by atoms with Gasteiger partial charge in [0, 0.05) is 50.2 Å². The third-order valence-electron chi connectivity index (χ3n) is 5.73. The SMILES string of the molecule is CCN(CC)CCNC(=O)C(=O)N[C@H](C)[C@@H](c1cccs1)N1CCN(CC)CC1. The average molecular weight is 424 g/mol. The zero-order valence-electron chi connectivity index (χ0n) is 18.3. The van der Waals surface area contributed by atoms with Gasteiger partial charge in [-0.2, -0.15) is 0 Å². The van der Waals surface area contributed by atoms with Crippen molar-refractivity contribution in [3.63, 3.8) is 0 Å². The number of hydrogen-bond donors (Lipinski definition) is 2. The molecular formula is C21H37N5O2S. The lowest BCUT2D eigenvalue weighted by molar-refractivity contribution is -0.139. The van der Waals surface area contributed by atoms with Crippen molar-refractivity contribution in [2.24, 2.45) is 0 Å². The van der Waals surface area contributed by atoms with Gasteiger partial charge in [0.1, 0.15) is 0 Å². The zero-order valence-corrected chi connectivity index (χ0v) is 19.1. The lowest BCUT2D eigenvalue weighted by Crippen LogP contribution is -2.53. The van der Waals surface area contributed by atoms with Crippen LogP contribution in [0.1, 0.15) is 38.6 Å². The molecule has 1 aliphatic heterocycles. The number of carbonyl (C=O) groups is 2. The molecule has 1 fully saturated rings. The summed E-state index contributed by atoms with van der Waals surface area (Å²) in [4.78, 5) is 33.0. The molecule has 0 aromatic carbocycles. The first-order valence-electron chi connectivity index (χ1n) is 10.8. The van der Waals surface area contributed by atoms with Gasteiger partial charge in [0.2, 0.25) is 0 Å². The number of carbonyl (C=O) groups excluding carboxylic acids is 2. The van der Waals surface area contributed by atoms with E-state index in [9.17, 15) is 9.59 Å². The third-order valence-corrected chi connectivity index (χ3v) is 6.67. The number of likely N-dealkylation sites (N-methyl/N-ethyl adjacent to an activating group) is 2. The van der Waals surface area contributed by atoms with E-state index in [1.165, 1.54) is 4.88 Å². The highest BCUT2D eigenvalue weighted by Gasteiger charge is 2.31. The van der Waals surface area contributed by atoms with Crippen LogP contribution in [0.15, 0.2) is 17.5 Å². The molecule has 0 saturated carbocycles. The smallest absolute Gasteiger partial charge is 0.309 e. The van der Waals surface area contributed by atoms with Crippen molar-refractivity contribution in [3.05, 3.63) is 22.4 Å². The molecule has 0 radical (unpaired) electrons. The minimum Gasteiger partial charge on any atom is -0.347 e. The first-order chi connectivity index (χ1) is 14.0. The molecule has 164 valence electrons. The molecule has 1 aromatic rings. The van der Waals surface area contributed by atoms with E-state index in [1.54, 1.807) is 11.3 Å². The lowest BCUT2D eigenvalue weighted by Gasteiger charge is -2.41. The Morgan fingerprint density at radius 1 is 1.14 bits per heavy atom. The normalized spacial score (nSPS) is 17.8. The first kappa shape index (κ1) is 23.8. The summed E-state index contributed by atoms with van der Waals surface area (Å²) in [5, 5.41) is 7.76. The fraction of sp³-hybridized carbons (Fsp3) is 0.714. The van der Waals surface area contributed by atoms with Gasteiger partial charge >= 0.3 is 11.8 Å². The summed E-state index contributed by atoms with van der Waals surface area (Å²) in [7, 11) is 0. The van der Waals surface area contributed by atoms with Gasteiger partial charge in [-0.25, -0.2) is 0 Å². The average Bonchev–Trinajstić information content (AvgIpc) is 3.26. The molecule has 0 spiro atoms. The number of rotatable bonds is 10. The number of nitrogens with one attached hydrogen (secondary N) is 2. The summed E-state index contributed by atoms with van der Waals surface area (Å²) < 4.78 is 0. The topological polar surface area (TPSA) is 67.9 Å². The Morgan fingerprint density at radius 3 is 2.38 bits per heavy atom. The maximum atomic E-state index is 12.5. The van der Waals surface area contributed by atoms with Crippen molar-refractivity contribution in [2.75, 3.05) is 58.9 Å². The van der Waals surface area contributed by atoms with Crippen molar-refractivity contribution in [1.29, 1.82) is 0 Å². The molecule has 2 amide bonds. The van der Waals surface area contributed by atoms with Gasteiger partial charge in [0.25, 0.3) is 0 Å². The summed E-state index contributed by atoms with van der Waals surface area (Å²) in [6.45, 7) is 16.5. The minimum absolute atomic E-state index is 0.0847. The monoisotopic (exact) mass is 423 g/mol. The summed E-state index contributed by atoms with van der Waals surface area (Å²) in [5.41, 5.74) is 0. The van der Waals surface area contributed by atoms with E-state index in [-0.39, 0.29) is 12.1 Å². The Labute approximate surface area is 179 Å². The molecule has 8 heteroatoms. The fourth-order valence-electron chi connectivity index (χ4n) is 3.86. The number of amides is 2. The second-order valence-corrected chi connectivity index (χ2v) is 8.45. The van der Waals surface area contributed by atoms with Crippen LogP contribution < -0.4 is 10.6 Å². The fourth-order valence-corrected chi connectivity index (χ4v) is 4.82. The Bertz CT molecular complexity index is 613. The second-order valence-electron chi connectivity index (χ2n) is 7.48. The molecule has 2 N–H and O–H groups in total. The molecule has 2 heterocycles. The van der Waals surface area contributed by atoms with Crippen LogP contribution in [0.25, 0.3) is 0 Å². The lowest BCUT2D eigenvalue weighted by atomic mass is 10.0. The van der Waals surface area contributed by atoms with Crippen molar-refractivity contribution in [3.8, 4) is 0 Å². The Kier molecular flexibility index (Phi) is 10.1. The quantitative estimate of drug-likeness (QED) is 0.557. The van der Waals surface area contributed by atoms with Crippen LogP contribution in [-0.2, 0) is 9.59 Å². The van der Waals surface area contributed by atoms with Gasteiger partial charge < -0.3 is 20.4 Å². The highest BCUT2D eigenvalue weighted by Crippen LogP contribution is 2.29. The third kappa shape index (κ3) is 7.06. The molecule has 1 aromatic heterocycles. The van der Waals surface area contributed by atoms with Gasteiger partial charge in [-0.3, -0.25) is 14.5 Å². The van der Waals surface area contributed by atoms with E-state index >= 15 is 0 Å². The number of hydrogen-bond acceptors (Lipinski definition) is 6. The largest absolute Gasteiger partial charge is 0.347 e. The van der Waals surface area contributed by atoms with E-state index in [1.807, 2.05) is 13.0 Å². The van der Waals surface area contributed by atoms with E-state index in [0.29, 0.717) is 6.54 Å². The molecule has 7 nitrogen and oxygen atoms in total. The molecule has 2 atom stereocenters. The van der Waals surface area contributed by atoms with Crippen LogP contribution in [0.3, 0.4) is 0 Å².